The highest BCUT2D eigenvalue weighted by Gasteiger charge is 2.49. The number of rotatable bonds is 11. The van der Waals surface area contributed by atoms with Crippen LogP contribution < -0.4 is 0 Å². The van der Waals surface area contributed by atoms with Crippen molar-refractivity contribution in [2.45, 2.75) is 239 Å². The average Bonchev–Trinajstić information content (AvgIpc) is 0.827. The first kappa shape index (κ1) is 73.2. The predicted octanol–water partition coefficient (Wildman–Crippen LogP) is 18.1. The van der Waals surface area contributed by atoms with Gasteiger partial charge in [0, 0.05) is 52.0 Å². The van der Waals surface area contributed by atoms with E-state index in [0.717, 1.165) is 109 Å². The molecule has 0 saturated heterocycles. The summed E-state index contributed by atoms with van der Waals surface area (Å²) >= 11 is 0. The maximum absolute atomic E-state index is 11.9. The Hall–Kier alpha value is -7.85. The molecule has 0 amide bonds. The summed E-state index contributed by atoms with van der Waals surface area (Å²) in [5.41, 5.74) is 13.5. The molecule has 0 radical (unpaired) electrons. The number of carbonyl (C=O) groups excluding carboxylic acids is 5. The Morgan fingerprint density at radius 1 is 0.391 bits per heavy atom. The van der Waals surface area contributed by atoms with Crippen molar-refractivity contribution in [3.63, 3.8) is 0 Å². The van der Waals surface area contributed by atoms with Gasteiger partial charge in [0.2, 0.25) is 0 Å². The molecule has 5 atom stereocenters. The average molecular weight is 1250 g/mol. The number of aryl methyl sites for hydroxylation is 6. The van der Waals surface area contributed by atoms with Gasteiger partial charge in [0.25, 0.3) is 0 Å². The minimum absolute atomic E-state index is 0.201. The van der Waals surface area contributed by atoms with E-state index >= 15 is 0 Å². The third-order valence-electron chi connectivity index (χ3n) is 19.8. The van der Waals surface area contributed by atoms with E-state index in [1.54, 1.807) is 34.6 Å². The summed E-state index contributed by atoms with van der Waals surface area (Å²) in [6.07, 6.45) is 15.9. The maximum atomic E-state index is 11.9. The van der Waals surface area contributed by atoms with Crippen LogP contribution in [0.5, 0.6) is 0 Å². The second kappa shape index (κ2) is 31.7. The molecule has 0 fully saturated rings. The van der Waals surface area contributed by atoms with Crippen molar-refractivity contribution in [3.8, 4) is 0 Å². The Kier molecular flexibility index (Phi) is 25.2. The maximum Gasteiger partial charge on any atom is 0.333 e. The van der Waals surface area contributed by atoms with Crippen molar-refractivity contribution in [3.05, 3.63) is 238 Å². The van der Waals surface area contributed by atoms with Gasteiger partial charge in [-0.25, -0.2) is 24.0 Å². The molecule has 0 aliphatic heterocycles. The van der Waals surface area contributed by atoms with Gasteiger partial charge in [0.05, 0.1) is 0 Å². The Morgan fingerprint density at radius 2 is 0.772 bits per heavy atom. The van der Waals surface area contributed by atoms with Crippen LogP contribution in [-0.4, -0.2) is 57.9 Å². The first-order valence-corrected chi connectivity index (χ1v) is 33.1. The Morgan fingerprint density at radius 3 is 1.29 bits per heavy atom. The van der Waals surface area contributed by atoms with Gasteiger partial charge < -0.3 is 23.7 Å². The zero-order valence-corrected chi connectivity index (χ0v) is 57.8. The SMILES string of the molecule is C=C(C)C(=O)OC1(C)CCCCc2ccccc2C1.C=C(C)C(=O)OC1(C)CCc2ccccc2C1(C)C.C=C(C)C(=O)OC1(C)CCc2ccccc2C1C.C=C(C)C(=O)OC1(C)CCc2ccccc2CC1.C=C(C)C(=O)OC1(CC)CCc2ccccc2C1. The van der Waals surface area contributed by atoms with Crippen LogP contribution in [0.1, 0.15) is 209 Å². The number of benzene rings is 5. The second-order valence-electron chi connectivity index (χ2n) is 27.9. The third-order valence-corrected chi connectivity index (χ3v) is 19.8. The van der Waals surface area contributed by atoms with Crippen molar-refractivity contribution in [1.29, 1.82) is 0 Å². The van der Waals surface area contributed by atoms with Crippen molar-refractivity contribution >= 4 is 29.8 Å². The van der Waals surface area contributed by atoms with E-state index in [1.807, 2.05) is 45.9 Å². The molecule has 5 unspecified atom stereocenters. The van der Waals surface area contributed by atoms with E-state index in [0.29, 0.717) is 27.9 Å². The molecule has 492 valence electrons. The van der Waals surface area contributed by atoms with Crippen molar-refractivity contribution < 1.29 is 47.7 Å². The van der Waals surface area contributed by atoms with E-state index in [4.69, 9.17) is 23.7 Å². The van der Waals surface area contributed by atoms with Crippen molar-refractivity contribution in [2.24, 2.45) is 0 Å². The quantitative estimate of drug-likeness (QED) is 0.0545. The number of esters is 5. The van der Waals surface area contributed by atoms with Crippen LogP contribution in [0, 0.1) is 0 Å². The van der Waals surface area contributed by atoms with Gasteiger partial charge in [-0.3, -0.25) is 0 Å². The Balaban J connectivity index is 0.000000183. The van der Waals surface area contributed by atoms with Crippen LogP contribution in [0.25, 0.3) is 0 Å². The molecule has 0 aromatic heterocycles. The first-order chi connectivity index (χ1) is 43.3. The fourth-order valence-electron chi connectivity index (χ4n) is 12.9. The second-order valence-corrected chi connectivity index (χ2v) is 27.9. The highest BCUT2D eigenvalue weighted by atomic mass is 16.6. The largest absolute Gasteiger partial charge is 0.456 e. The molecule has 0 heterocycles. The standard InChI is InChI=1S/2C17H22O2.3C16H20O2/c1-12(2)15(18)19-17(5)11-10-13-8-6-7-9-14(13)16(17,3)4;1-13(2)16(18)19-17(3)11-7-6-9-14-8-4-5-10-15(14)12-17;1-11(2)15(17)18-16(4)10-9-13-7-5-6-8-14(13)12(16)3;1-12(2)15(17)18-16(3)10-8-13-6-4-5-7-14(13)9-11-16;1-4-16(18-15(17)12(2)3)10-9-13-7-5-6-8-14(13)11-16/h6-9H,1,10-11H2,2-5H3;4-5,8,10H,1,6-7,9,11-12H2,2-3H3;5-8,12H,1,9-10H2,2-4H3;4-7H,1,8-11H2,2-3H3;5-8H,2,4,9-11H2,1,3H3. The third kappa shape index (κ3) is 19.1. The lowest BCUT2D eigenvalue weighted by Crippen LogP contribution is -2.52. The van der Waals surface area contributed by atoms with Crippen LogP contribution in [-0.2, 0) is 104 Å². The normalized spacial score (nSPS) is 22.6. The molecule has 5 aromatic rings. The van der Waals surface area contributed by atoms with Crippen LogP contribution in [0.15, 0.2) is 182 Å². The number of carbonyl (C=O) groups is 5. The molecule has 10 rings (SSSR count). The summed E-state index contributed by atoms with van der Waals surface area (Å²) in [5, 5.41) is 0. The van der Waals surface area contributed by atoms with Gasteiger partial charge in [-0.15, -0.1) is 0 Å². The molecule has 0 bridgehead atoms. The summed E-state index contributed by atoms with van der Waals surface area (Å²) in [6, 6.07) is 42.2. The summed E-state index contributed by atoms with van der Waals surface area (Å²) in [7, 11) is 0. The lowest BCUT2D eigenvalue weighted by atomic mass is 9.63. The number of fused-ring (bicyclic) bond motifs is 5. The molecule has 0 spiro atoms. The lowest BCUT2D eigenvalue weighted by molar-refractivity contribution is -0.162. The molecule has 0 N–H and O–H groups in total. The summed E-state index contributed by atoms with van der Waals surface area (Å²) in [4.78, 5) is 58.9. The molecular formula is C82H104O10. The summed E-state index contributed by atoms with van der Waals surface area (Å²) in [5.74, 6) is -1.19. The molecule has 0 saturated carbocycles. The minimum atomic E-state index is -0.489. The smallest absolute Gasteiger partial charge is 0.333 e. The molecular weight excluding hydrogens is 1140 g/mol. The monoisotopic (exact) mass is 1250 g/mol. The van der Waals surface area contributed by atoms with Crippen LogP contribution >= 0.6 is 0 Å². The van der Waals surface area contributed by atoms with Gasteiger partial charge in [-0.1, -0.05) is 182 Å². The topological polar surface area (TPSA) is 132 Å². The first-order valence-electron chi connectivity index (χ1n) is 33.1. The lowest BCUT2D eigenvalue weighted by Gasteiger charge is -2.48. The Bertz CT molecular complexity index is 3470. The van der Waals surface area contributed by atoms with E-state index in [9.17, 15) is 24.0 Å². The van der Waals surface area contributed by atoms with Gasteiger partial charge in [0.15, 0.2) is 0 Å². The summed E-state index contributed by atoms with van der Waals surface area (Å²) < 4.78 is 28.5. The zero-order chi connectivity index (χ0) is 67.8. The highest BCUT2D eigenvalue weighted by molar-refractivity contribution is 5.89. The van der Waals surface area contributed by atoms with Gasteiger partial charge in [-0.05, 0) is 214 Å². The highest BCUT2D eigenvalue weighted by Crippen LogP contribution is 2.47. The number of hydrogen-bond acceptors (Lipinski definition) is 10. The molecule has 5 aliphatic rings. The fourth-order valence-corrected chi connectivity index (χ4v) is 12.9. The van der Waals surface area contributed by atoms with Crippen molar-refractivity contribution in [2.75, 3.05) is 0 Å². The van der Waals surface area contributed by atoms with E-state index < -0.39 is 16.8 Å². The van der Waals surface area contributed by atoms with Gasteiger partial charge in [-0.2, -0.15) is 0 Å². The Labute approximate surface area is 551 Å². The zero-order valence-electron chi connectivity index (χ0n) is 57.8. The van der Waals surface area contributed by atoms with E-state index in [1.165, 1.54) is 55.6 Å². The van der Waals surface area contributed by atoms with Gasteiger partial charge >= 0.3 is 29.8 Å². The number of ether oxygens (including phenoxy) is 5. The van der Waals surface area contributed by atoms with Crippen LogP contribution in [0.3, 0.4) is 0 Å². The fraction of sp³-hybridized carbons (Fsp3) is 0.451. The molecule has 92 heavy (non-hydrogen) atoms. The molecule has 5 aromatic carbocycles. The van der Waals surface area contributed by atoms with Crippen molar-refractivity contribution in [1.82, 2.24) is 0 Å². The van der Waals surface area contributed by atoms with E-state index in [-0.39, 0.29) is 52.4 Å². The van der Waals surface area contributed by atoms with Crippen LogP contribution in [0.4, 0.5) is 0 Å². The minimum Gasteiger partial charge on any atom is -0.456 e. The van der Waals surface area contributed by atoms with E-state index in [2.05, 4.69) is 164 Å². The molecule has 10 heteroatoms. The van der Waals surface area contributed by atoms with Crippen LogP contribution in [0.2, 0.25) is 0 Å². The molecule has 10 nitrogen and oxygen atoms in total. The number of hydrogen-bond donors (Lipinski definition) is 0. The predicted molar refractivity (Wildman–Crippen MR) is 371 cm³/mol. The van der Waals surface area contributed by atoms with Gasteiger partial charge in [0.1, 0.15) is 28.0 Å². The molecule has 5 aliphatic carbocycles. The summed E-state index contributed by atoms with van der Waals surface area (Å²) in [6.45, 7) is 43.4.